The van der Waals surface area contributed by atoms with Crippen molar-refractivity contribution in [2.24, 2.45) is 0 Å². The Kier molecular flexibility index (Phi) is 6.59. The standard InChI is InChI=1S/C25H35N3OS/c1-17-15-18(2)22(19(3)16-17)24-26-20(4)23(30-24)25(29)28-13-9-21(10-14-28)27-11-7-5-6-8-12-27/h15-16,21H,5-14H2,1-4H3. The number of hydrogen-bond acceptors (Lipinski definition) is 4. The van der Waals surface area contributed by atoms with Crippen LogP contribution in [0, 0.1) is 27.7 Å². The Labute approximate surface area is 185 Å². The van der Waals surface area contributed by atoms with E-state index < -0.39 is 0 Å². The molecule has 4 rings (SSSR count). The molecule has 0 atom stereocenters. The molecule has 0 radical (unpaired) electrons. The Hall–Kier alpha value is -1.72. The molecule has 3 heterocycles. The first-order valence-electron chi connectivity index (χ1n) is 11.5. The molecule has 0 N–H and O–H groups in total. The lowest BCUT2D eigenvalue weighted by atomic mass is 10.0. The fourth-order valence-electron chi connectivity index (χ4n) is 5.26. The van der Waals surface area contributed by atoms with E-state index >= 15 is 0 Å². The zero-order chi connectivity index (χ0) is 21.3. The lowest BCUT2D eigenvalue weighted by Crippen LogP contribution is -2.47. The molecule has 2 fully saturated rings. The lowest BCUT2D eigenvalue weighted by Gasteiger charge is -2.38. The Bertz CT molecular complexity index is 880. The number of benzene rings is 1. The van der Waals surface area contributed by atoms with Crippen LogP contribution >= 0.6 is 11.3 Å². The van der Waals surface area contributed by atoms with Crippen LogP contribution in [0.2, 0.25) is 0 Å². The summed E-state index contributed by atoms with van der Waals surface area (Å²) in [5, 5.41) is 0.977. The highest BCUT2D eigenvalue weighted by molar-refractivity contribution is 7.17. The summed E-state index contributed by atoms with van der Waals surface area (Å²) >= 11 is 1.57. The molecule has 2 aromatic rings. The third-order valence-corrected chi connectivity index (χ3v) is 7.95. The topological polar surface area (TPSA) is 36.4 Å². The van der Waals surface area contributed by atoms with Gasteiger partial charge in [0.25, 0.3) is 5.91 Å². The van der Waals surface area contributed by atoms with Gasteiger partial charge in [-0.15, -0.1) is 11.3 Å². The molecular formula is C25H35N3OS. The summed E-state index contributed by atoms with van der Waals surface area (Å²) in [6, 6.07) is 5.06. The highest BCUT2D eigenvalue weighted by Crippen LogP contribution is 2.34. The molecule has 0 spiro atoms. The predicted molar refractivity (Wildman–Crippen MR) is 125 cm³/mol. The largest absolute Gasteiger partial charge is 0.338 e. The van der Waals surface area contributed by atoms with E-state index in [-0.39, 0.29) is 5.91 Å². The number of rotatable bonds is 3. The van der Waals surface area contributed by atoms with Gasteiger partial charge in [0.1, 0.15) is 9.88 Å². The minimum Gasteiger partial charge on any atom is -0.338 e. The van der Waals surface area contributed by atoms with Crippen LogP contribution in [0.5, 0.6) is 0 Å². The van der Waals surface area contributed by atoms with Crippen molar-refractivity contribution in [1.29, 1.82) is 0 Å². The molecule has 2 saturated heterocycles. The maximum atomic E-state index is 13.3. The molecule has 2 aliphatic heterocycles. The number of carbonyl (C=O) groups is 1. The number of carbonyl (C=O) groups excluding carboxylic acids is 1. The summed E-state index contributed by atoms with van der Waals surface area (Å²) < 4.78 is 0. The van der Waals surface area contributed by atoms with E-state index in [2.05, 4.69) is 42.7 Å². The van der Waals surface area contributed by atoms with Crippen molar-refractivity contribution in [3.63, 3.8) is 0 Å². The van der Waals surface area contributed by atoms with Crippen molar-refractivity contribution in [3.8, 4) is 10.6 Å². The van der Waals surface area contributed by atoms with Crippen LogP contribution < -0.4 is 0 Å². The van der Waals surface area contributed by atoms with Gasteiger partial charge in [0, 0.05) is 24.7 Å². The van der Waals surface area contributed by atoms with E-state index in [1.165, 1.54) is 61.0 Å². The van der Waals surface area contributed by atoms with Crippen LogP contribution in [0.15, 0.2) is 12.1 Å². The third-order valence-electron chi connectivity index (χ3n) is 6.79. The van der Waals surface area contributed by atoms with Crippen molar-refractivity contribution in [3.05, 3.63) is 39.4 Å². The Morgan fingerprint density at radius 1 is 0.933 bits per heavy atom. The van der Waals surface area contributed by atoms with E-state index in [0.29, 0.717) is 6.04 Å². The predicted octanol–water partition coefficient (Wildman–Crippen LogP) is 5.52. The van der Waals surface area contributed by atoms with Crippen molar-refractivity contribution in [2.75, 3.05) is 26.2 Å². The van der Waals surface area contributed by atoms with Gasteiger partial charge in [-0.05, 0) is 77.6 Å². The molecule has 1 aromatic heterocycles. The number of hydrogen-bond donors (Lipinski definition) is 0. The molecule has 0 aliphatic carbocycles. The second-order valence-electron chi connectivity index (χ2n) is 9.18. The minimum atomic E-state index is 0.174. The van der Waals surface area contributed by atoms with Gasteiger partial charge in [0.15, 0.2) is 0 Å². The van der Waals surface area contributed by atoms with Crippen molar-refractivity contribution < 1.29 is 4.79 Å². The van der Waals surface area contributed by atoms with Gasteiger partial charge < -0.3 is 9.80 Å². The van der Waals surface area contributed by atoms with Crippen LogP contribution in [-0.2, 0) is 0 Å². The smallest absolute Gasteiger partial charge is 0.265 e. The van der Waals surface area contributed by atoms with E-state index in [1.807, 2.05) is 6.92 Å². The third kappa shape index (κ3) is 4.47. The highest BCUT2D eigenvalue weighted by atomic mass is 32.1. The molecule has 2 aliphatic rings. The Balaban J connectivity index is 1.46. The molecule has 30 heavy (non-hydrogen) atoms. The van der Waals surface area contributed by atoms with Gasteiger partial charge in [-0.1, -0.05) is 30.5 Å². The van der Waals surface area contributed by atoms with E-state index in [0.717, 1.165) is 41.5 Å². The molecule has 4 nitrogen and oxygen atoms in total. The van der Waals surface area contributed by atoms with Crippen LogP contribution in [-0.4, -0.2) is 52.9 Å². The number of aryl methyl sites for hydroxylation is 4. The summed E-state index contributed by atoms with van der Waals surface area (Å²) in [6.45, 7) is 12.6. The average molecular weight is 426 g/mol. The van der Waals surface area contributed by atoms with Crippen LogP contribution in [0.4, 0.5) is 0 Å². The average Bonchev–Trinajstić information content (AvgIpc) is 2.91. The number of likely N-dealkylation sites (tertiary alicyclic amines) is 2. The maximum absolute atomic E-state index is 13.3. The molecule has 0 unspecified atom stereocenters. The van der Waals surface area contributed by atoms with Gasteiger partial charge in [-0.25, -0.2) is 4.98 Å². The first-order valence-corrected chi connectivity index (χ1v) is 12.3. The molecule has 162 valence electrons. The van der Waals surface area contributed by atoms with Gasteiger partial charge in [0.05, 0.1) is 5.69 Å². The summed E-state index contributed by atoms with van der Waals surface area (Å²) in [6.07, 6.45) is 7.63. The van der Waals surface area contributed by atoms with Crippen LogP contribution in [0.3, 0.4) is 0 Å². The molecule has 0 saturated carbocycles. The molecular weight excluding hydrogens is 390 g/mol. The fraction of sp³-hybridized carbons (Fsp3) is 0.600. The van der Waals surface area contributed by atoms with E-state index in [1.54, 1.807) is 11.3 Å². The summed E-state index contributed by atoms with van der Waals surface area (Å²) in [4.78, 5) is 23.7. The number of thiazole rings is 1. The second kappa shape index (κ2) is 9.19. The quantitative estimate of drug-likeness (QED) is 0.649. The monoisotopic (exact) mass is 425 g/mol. The summed E-state index contributed by atoms with van der Waals surface area (Å²) in [5.41, 5.74) is 5.80. The normalized spacial score (nSPS) is 19.1. The first-order chi connectivity index (χ1) is 14.4. The zero-order valence-electron chi connectivity index (χ0n) is 19.0. The Morgan fingerprint density at radius 2 is 1.53 bits per heavy atom. The number of nitrogens with zero attached hydrogens (tertiary/aromatic N) is 3. The summed E-state index contributed by atoms with van der Waals surface area (Å²) in [7, 11) is 0. The number of aromatic nitrogens is 1. The van der Waals surface area contributed by atoms with Crippen molar-refractivity contribution in [1.82, 2.24) is 14.8 Å². The van der Waals surface area contributed by atoms with E-state index in [9.17, 15) is 4.79 Å². The van der Waals surface area contributed by atoms with Gasteiger partial charge in [-0.3, -0.25) is 4.79 Å². The summed E-state index contributed by atoms with van der Waals surface area (Å²) in [5.74, 6) is 0.174. The van der Waals surface area contributed by atoms with Gasteiger partial charge in [0.2, 0.25) is 0 Å². The maximum Gasteiger partial charge on any atom is 0.265 e. The Morgan fingerprint density at radius 3 is 2.13 bits per heavy atom. The van der Waals surface area contributed by atoms with Crippen LogP contribution in [0.1, 0.15) is 70.6 Å². The fourth-order valence-corrected chi connectivity index (χ4v) is 6.47. The highest BCUT2D eigenvalue weighted by Gasteiger charge is 2.29. The van der Waals surface area contributed by atoms with Crippen molar-refractivity contribution >= 4 is 17.2 Å². The van der Waals surface area contributed by atoms with Crippen molar-refractivity contribution in [2.45, 2.75) is 72.3 Å². The molecule has 1 aromatic carbocycles. The molecule has 1 amide bonds. The van der Waals surface area contributed by atoms with Gasteiger partial charge >= 0.3 is 0 Å². The second-order valence-corrected chi connectivity index (χ2v) is 10.2. The minimum absolute atomic E-state index is 0.174. The lowest BCUT2D eigenvalue weighted by molar-refractivity contribution is 0.0626. The van der Waals surface area contributed by atoms with E-state index in [4.69, 9.17) is 4.98 Å². The SMILES string of the molecule is Cc1cc(C)c(-c2nc(C)c(C(=O)N3CCC(N4CCCCCC4)CC3)s2)c(C)c1. The molecule has 5 heteroatoms. The van der Waals surface area contributed by atoms with Crippen LogP contribution in [0.25, 0.3) is 10.6 Å². The first kappa shape index (κ1) is 21.5. The van der Waals surface area contributed by atoms with Gasteiger partial charge in [-0.2, -0.15) is 0 Å². The number of amides is 1. The number of piperidine rings is 1. The zero-order valence-corrected chi connectivity index (χ0v) is 19.8. The molecule has 0 bridgehead atoms.